The molecule has 0 saturated heterocycles. The molecule has 0 aliphatic rings. The van der Waals surface area contributed by atoms with Crippen LogP contribution in [-0.2, 0) is 0 Å². The summed E-state index contributed by atoms with van der Waals surface area (Å²) in [5.41, 5.74) is 4.32. The van der Waals surface area contributed by atoms with Gasteiger partial charge < -0.3 is 0 Å². The van der Waals surface area contributed by atoms with Gasteiger partial charge in [-0.3, -0.25) is 0 Å². The van der Waals surface area contributed by atoms with Gasteiger partial charge in [-0.1, -0.05) is 6.07 Å². The predicted octanol–water partition coefficient (Wildman–Crippen LogP) is 3.03. The standard InChI is InChI=1S/C14H15FN/c1-10-7-11(2)16(12(3)8-10)14-6-4-5-13(15)9-14/h4-9H,1-3H3/q+1. The first-order valence-corrected chi connectivity index (χ1v) is 5.34. The van der Waals surface area contributed by atoms with Crippen molar-refractivity contribution < 1.29 is 8.96 Å². The zero-order valence-corrected chi connectivity index (χ0v) is 9.79. The maximum absolute atomic E-state index is 13.2. The van der Waals surface area contributed by atoms with Crippen LogP contribution in [0.2, 0.25) is 0 Å². The summed E-state index contributed by atoms with van der Waals surface area (Å²) in [6.45, 7) is 6.13. The van der Waals surface area contributed by atoms with Crippen molar-refractivity contribution in [3.8, 4) is 5.69 Å². The van der Waals surface area contributed by atoms with E-state index in [1.54, 1.807) is 12.1 Å². The highest BCUT2D eigenvalue weighted by Crippen LogP contribution is 2.08. The molecule has 1 nitrogen and oxygen atoms in total. The lowest BCUT2D eigenvalue weighted by Crippen LogP contribution is -2.37. The van der Waals surface area contributed by atoms with Crippen LogP contribution in [0, 0.1) is 26.6 Å². The van der Waals surface area contributed by atoms with Crippen molar-refractivity contribution in [1.82, 2.24) is 0 Å². The fourth-order valence-corrected chi connectivity index (χ4v) is 2.13. The fourth-order valence-electron chi connectivity index (χ4n) is 2.13. The summed E-state index contributed by atoms with van der Waals surface area (Å²) in [4.78, 5) is 0. The number of aromatic nitrogens is 1. The molecule has 82 valence electrons. The molecule has 2 heteroatoms. The van der Waals surface area contributed by atoms with Crippen LogP contribution in [0.25, 0.3) is 5.69 Å². The second-order valence-corrected chi connectivity index (χ2v) is 4.13. The Morgan fingerprint density at radius 2 is 1.56 bits per heavy atom. The van der Waals surface area contributed by atoms with Crippen molar-refractivity contribution >= 4 is 0 Å². The first kappa shape index (κ1) is 10.8. The van der Waals surface area contributed by atoms with E-state index in [2.05, 4.69) is 23.6 Å². The SMILES string of the molecule is Cc1cc(C)[n+](-c2cccc(F)c2)c(C)c1. The van der Waals surface area contributed by atoms with Gasteiger partial charge in [-0.05, 0) is 18.6 Å². The Balaban J connectivity index is 2.64. The summed E-state index contributed by atoms with van der Waals surface area (Å²) in [5, 5.41) is 0. The lowest BCUT2D eigenvalue weighted by atomic mass is 10.2. The Morgan fingerprint density at radius 1 is 0.938 bits per heavy atom. The molecule has 0 radical (unpaired) electrons. The Hall–Kier alpha value is -1.70. The average molecular weight is 216 g/mol. The molecule has 1 heterocycles. The van der Waals surface area contributed by atoms with Gasteiger partial charge in [0.15, 0.2) is 11.4 Å². The van der Waals surface area contributed by atoms with Gasteiger partial charge in [-0.25, -0.2) is 4.39 Å². The molecule has 0 aliphatic carbocycles. The average Bonchev–Trinajstić information content (AvgIpc) is 2.15. The van der Waals surface area contributed by atoms with E-state index in [0.717, 1.165) is 17.1 Å². The smallest absolute Gasteiger partial charge is 0.207 e. The van der Waals surface area contributed by atoms with Crippen LogP contribution in [0.4, 0.5) is 4.39 Å². The molecule has 1 aromatic carbocycles. The monoisotopic (exact) mass is 216 g/mol. The zero-order chi connectivity index (χ0) is 11.7. The van der Waals surface area contributed by atoms with Gasteiger partial charge >= 0.3 is 0 Å². The lowest BCUT2D eigenvalue weighted by molar-refractivity contribution is -0.609. The van der Waals surface area contributed by atoms with Gasteiger partial charge in [0.05, 0.1) is 0 Å². The molecule has 2 rings (SSSR count). The van der Waals surface area contributed by atoms with Crippen LogP contribution < -0.4 is 4.57 Å². The third-order valence-corrected chi connectivity index (χ3v) is 2.64. The molecular weight excluding hydrogens is 201 g/mol. The second-order valence-electron chi connectivity index (χ2n) is 4.13. The van der Waals surface area contributed by atoms with E-state index in [0.29, 0.717) is 0 Å². The highest BCUT2D eigenvalue weighted by atomic mass is 19.1. The number of benzene rings is 1. The third-order valence-electron chi connectivity index (χ3n) is 2.64. The normalized spacial score (nSPS) is 10.5. The molecule has 0 amide bonds. The van der Waals surface area contributed by atoms with Crippen LogP contribution in [0.5, 0.6) is 0 Å². The Labute approximate surface area is 95.2 Å². The van der Waals surface area contributed by atoms with E-state index in [4.69, 9.17) is 0 Å². The van der Waals surface area contributed by atoms with Gasteiger partial charge in [0.25, 0.3) is 0 Å². The summed E-state index contributed by atoms with van der Waals surface area (Å²) in [5.74, 6) is -0.204. The second kappa shape index (κ2) is 4.05. The third kappa shape index (κ3) is 1.96. The topological polar surface area (TPSA) is 3.88 Å². The predicted molar refractivity (Wildman–Crippen MR) is 62.1 cm³/mol. The molecular formula is C14H15FN+. The summed E-state index contributed by atoms with van der Waals surface area (Å²) < 4.78 is 15.2. The van der Waals surface area contributed by atoms with Gasteiger partial charge in [0.2, 0.25) is 5.69 Å². The lowest BCUT2D eigenvalue weighted by Gasteiger charge is -2.04. The Bertz CT molecular complexity index is 509. The van der Waals surface area contributed by atoms with Crippen LogP contribution in [-0.4, -0.2) is 0 Å². The molecule has 2 aromatic rings. The first-order valence-electron chi connectivity index (χ1n) is 5.34. The van der Waals surface area contributed by atoms with E-state index in [1.807, 2.05) is 19.9 Å². The minimum Gasteiger partial charge on any atom is -0.207 e. The summed E-state index contributed by atoms with van der Waals surface area (Å²) in [7, 11) is 0. The molecule has 0 aliphatic heterocycles. The molecule has 0 saturated carbocycles. The van der Waals surface area contributed by atoms with Crippen LogP contribution >= 0.6 is 0 Å². The molecule has 0 N–H and O–H groups in total. The highest BCUT2D eigenvalue weighted by Gasteiger charge is 2.14. The van der Waals surface area contributed by atoms with Crippen LogP contribution in [0.1, 0.15) is 17.0 Å². The van der Waals surface area contributed by atoms with Gasteiger partial charge in [0, 0.05) is 38.1 Å². The van der Waals surface area contributed by atoms with Crippen LogP contribution in [0.15, 0.2) is 36.4 Å². The Morgan fingerprint density at radius 3 is 2.12 bits per heavy atom. The maximum atomic E-state index is 13.2. The molecule has 0 fully saturated rings. The summed E-state index contributed by atoms with van der Waals surface area (Å²) in [6.07, 6.45) is 0. The zero-order valence-electron chi connectivity index (χ0n) is 9.79. The van der Waals surface area contributed by atoms with E-state index in [-0.39, 0.29) is 5.82 Å². The quantitative estimate of drug-likeness (QED) is 0.645. The first-order chi connectivity index (χ1) is 7.58. The number of aryl methyl sites for hydroxylation is 3. The number of pyridine rings is 1. The van der Waals surface area contributed by atoms with E-state index in [1.165, 1.54) is 11.6 Å². The van der Waals surface area contributed by atoms with Crippen molar-refractivity contribution in [2.75, 3.05) is 0 Å². The summed E-state index contributed by atoms with van der Waals surface area (Å²) >= 11 is 0. The number of halogens is 1. The largest absolute Gasteiger partial charge is 0.214 e. The molecule has 0 spiro atoms. The van der Waals surface area contributed by atoms with Crippen LogP contribution in [0.3, 0.4) is 0 Å². The minimum atomic E-state index is -0.204. The molecule has 16 heavy (non-hydrogen) atoms. The van der Waals surface area contributed by atoms with E-state index >= 15 is 0 Å². The highest BCUT2D eigenvalue weighted by molar-refractivity contribution is 5.25. The minimum absolute atomic E-state index is 0.204. The Kier molecular flexibility index (Phi) is 2.73. The van der Waals surface area contributed by atoms with Crippen molar-refractivity contribution in [1.29, 1.82) is 0 Å². The van der Waals surface area contributed by atoms with Gasteiger partial charge in [-0.15, -0.1) is 0 Å². The van der Waals surface area contributed by atoms with E-state index in [9.17, 15) is 4.39 Å². The number of hydrogen-bond acceptors (Lipinski definition) is 0. The molecule has 1 aromatic heterocycles. The summed E-state index contributed by atoms with van der Waals surface area (Å²) in [6, 6.07) is 10.9. The molecule has 0 bridgehead atoms. The van der Waals surface area contributed by atoms with Crippen molar-refractivity contribution in [2.24, 2.45) is 0 Å². The van der Waals surface area contributed by atoms with E-state index < -0.39 is 0 Å². The van der Waals surface area contributed by atoms with Gasteiger partial charge in [-0.2, -0.15) is 4.57 Å². The van der Waals surface area contributed by atoms with Crippen molar-refractivity contribution in [3.05, 3.63) is 59.2 Å². The van der Waals surface area contributed by atoms with Crippen molar-refractivity contribution in [3.63, 3.8) is 0 Å². The number of rotatable bonds is 1. The van der Waals surface area contributed by atoms with Gasteiger partial charge in [0.1, 0.15) is 5.82 Å². The molecule has 0 atom stereocenters. The number of hydrogen-bond donors (Lipinski definition) is 0. The van der Waals surface area contributed by atoms with Crippen molar-refractivity contribution in [2.45, 2.75) is 20.8 Å². The maximum Gasteiger partial charge on any atom is 0.214 e. The number of nitrogens with zero attached hydrogens (tertiary/aromatic N) is 1. The molecule has 0 unspecified atom stereocenters. The fraction of sp³-hybridized carbons (Fsp3) is 0.214.